The summed E-state index contributed by atoms with van der Waals surface area (Å²) in [7, 11) is 0. The Morgan fingerprint density at radius 1 is 1.26 bits per heavy atom. The monoisotopic (exact) mass is 264 g/mol. The average Bonchev–Trinajstić information content (AvgIpc) is 2.87. The van der Waals surface area contributed by atoms with E-state index in [2.05, 4.69) is 20.5 Å². The number of hydrogen-bond acceptors (Lipinski definition) is 5. The Bertz CT molecular complexity index is 464. The van der Waals surface area contributed by atoms with Gasteiger partial charge in [-0.2, -0.15) is 5.10 Å². The molecule has 1 saturated carbocycles. The molecule has 0 amide bonds. The first-order valence-corrected chi connectivity index (χ1v) is 6.87. The van der Waals surface area contributed by atoms with Crippen LogP contribution < -0.4 is 5.32 Å². The molecule has 19 heavy (non-hydrogen) atoms. The van der Waals surface area contributed by atoms with Crippen LogP contribution in [0, 0.1) is 5.92 Å². The highest BCUT2D eigenvalue weighted by molar-refractivity contribution is 5.72. The third-order valence-corrected chi connectivity index (χ3v) is 3.66. The maximum atomic E-state index is 11.1. The fraction of sp³-hybridized carbons (Fsp3) is 0.692. The van der Waals surface area contributed by atoms with E-state index >= 15 is 0 Å². The van der Waals surface area contributed by atoms with Crippen molar-refractivity contribution in [2.24, 2.45) is 5.92 Å². The van der Waals surface area contributed by atoms with E-state index in [0.717, 1.165) is 37.1 Å². The Hall–Kier alpha value is -1.72. The van der Waals surface area contributed by atoms with Crippen LogP contribution in [0.3, 0.4) is 0 Å². The summed E-state index contributed by atoms with van der Waals surface area (Å²) in [5.41, 5.74) is 1.85. The molecule has 0 bridgehead atoms. The SMILES string of the molecule is CCc1nnc(NC2CCCC2C(=O)O)nc1CC. The van der Waals surface area contributed by atoms with Gasteiger partial charge in [0.15, 0.2) is 0 Å². The second-order valence-electron chi connectivity index (χ2n) is 4.86. The highest BCUT2D eigenvalue weighted by Gasteiger charge is 2.33. The Morgan fingerprint density at radius 2 is 2.00 bits per heavy atom. The summed E-state index contributed by atoms with van der Waals surface area (Å²) in [6.45, 7) is 4.05. The summed E-state index contributed by atoms with van der Waals surface area (Å²) in [6, 6.07) is -0.0866. The van der Waals surface area contributed by atoms with Crippen molar-refractivity contribution in [3.05, 3.63) is 11.4 Å². The molecule has 2 rings (SSSR count). The molecule has 104 valence electrons. The van der Waals surface area contributed by atoms with Crippen molar-refractivity contribution >= 4 is 11.9 Å². The Morgan fingerprint density at radius 3 is 2.63 bits per heavy atom. The summed E-state index contributed by atoms with van der Waals surface area (Å²) >= 11 is 0. The summed E-state index contributed by atoms with van der Waals surface area (Å²) in [5, 5.41) is 20.5. The second kappa shape index (κ2) is 5.95. The number of anilines is 1. The number of aromatic nitrogens is 3. The number of hydrogen-bond donors (Lipinski definition) is 2. The number of aryl methyl sites for hydroxylation is 2. The Kier molecular flexibility index (Phi) is 4.29. The quantitative estimate of drug-likeness (QED) is 0.841. The van der Waals surface area contributed by atoms with Crippen molar-refractivity contribution < 1.29 is 9.90 Å². The molecule has 1 fully saturated rings. The molecule has 0 aliphatic heterocycles. The molecule has 2 N–H and O–H groups in total. The lowest BCUT2D eigenvalue weighted by Gasteiger charge is -2.17. The van der Waals surface area contributed by atoms with Gasteiger partial charge in [0, 0.05) is 6.04 Å². The first kappa shape index (κ1) is 13.7. The molecule has 6 heteroatoms. The molecular weight excluding hydrogens is 244 g/mol. The van der Waals surface area contributed by atoms with E-state index < -0.39 is 5.97 Å². The van der Waals surface area contributed by atoms with E-state index in [1.54, 1.807) is 0 Å². The predicted molar refractivity (Wildman–Crippen MR) is 71.0 cm³/mol. The Labute approximate surface area is 112 Å². The van der Waals surface area contributed by atoms with Crippen molar-refractivity contribution in [3.8, 4) is 0 Å². The van der Waals surface area contributed by atoms with Crippen molar-refractivity contribution in [1.82, 2.24) is 15.2 Å². The average molecular weight is 264 g/mol. The van der Waals surface area contributed by atoms with Crippen LogP contribution in [0.2, 0.25) is 0 Å². The fourth-order valence-electron chi connectivity index (χ4n) is 2.59. The van der Waals surface area contributed by atoms with E-state index in [1.165, 1.54) is 0 Å². The van der Waals surface area contributed by atoms with Crippen molar-refractivity contribution in [2.75, 3.05) is 5.32 Å². The third-order valence-electron chi connectivity index (χ3n) is 3.66. The van der Waals surface area contributed by atoms with Crippen LogP contribution in [0.4, 0.5) is 5.95 Å². The van der Waals surface area contributed by atoms with E-state index in [-0.39, 0.29) is 12.0 Å². The molecule has 2 atom stereocenters. The van der Waals surface area contributed by atoms with Gasteiger partial charge in [-0.15, -0.1) is 5.10 Å². The van der Waals surface area contributed by atoms with E-state index in [1.807, 2.05) is 13.8 Å². The molecule has 0 aromatic carbocycles. The van der Waals surface area contributed by atoms with Gasteiger partial charge in [-0.3, -0.25) is 4.79 Å². The van der Waals surface area contributed by atoms with Crippen molar-refractivity contribution in [1.29, 1.82) is 0 Å². The van der Waals surface area contributed by atoms with Gasteiger partial charge in [0.1, 0.15) is 0 Å². The molecule has 6 nitrogen and oxygen atoms in total. The number of rotatable bonds is 5. The van der Waals surface area contributed by atoms with Crippen molar-refractivity contribution in [2.45, 2.75) is 52.0 Å². The van der Waals surface area contributed by atoms with Gasteiger partial charge < -0.3 is 10.4 Å². The highest BCUT2D eigenvalue weighted by Crippen LogP contribution is 2.27. The van der Waals surface area contributed by atoms with Gasteiger partial charge in [-0.25, -0.2) is 4.98 Å². The first-order valence-electron chi connectivity index (χ1n) is 6.87. The van der Waals surface area contributed by atoms with Crippen LogP contribution in [0.15, 0.2) is 0 Å². The summed E-state index contributed by atoms with van der Waals surface area (Å²) in [4.78, 5) is 15.6. The van der Waals surface area contributed by atoms with E-state index in [9.17, 15) is 4.79 Å². The number of aliphatic carboxylic acids is 1. The predicted octanol–water partition coefficient (Wildman–Crippen LogP) is 1.66. The number of nitrogens with zero attached hydrogens (tertiary/aromatic N) is 3. The second-order valence-corrected chi connectivity index (χ2v) is 4.86. The fourth-order valence-corrected chi connectivity index (χ4v) is 2.59. The Balaban J connectivity index is 2.12. The van der Waals surface area contributed by atoms with Gasteiger partial charge >= 0.3 is 5.97 Å². The lowest BCUT2D eigenvalue weighted by molar-refractivity contribution is -0.141. The number of nitrogens with one attached hydrogen (secondary N) is 1. The minimum absolute atomic E-state index is 0.0866. The van der Waals surface area contributed by atoms with Crippen LogP contribution in [-0.2, 0) is 17.6 Å². The number of carboxylic acid groups (broad SMARTS) is 1. The van der Waals surface area contributed by atoms with E-state index in [0.29, 0.717) is 12.4 Å². The molecule has 0 saturated heterocycles. The van der Waals surface area contributed by atoms with Gasteiger partial charge in [-0.05, 0) is 25.7 Å². The molecule has 0 spiro atoms. The maximum absolute atomic E-state index is 11.1. The van der Waals surface area contributed by atoms with Crippen molar-refractivity contribution in [3.63, 3.8) is 0 Å². The van der Waals surface area contributed by atoms with Crippen LogP contribution in [0.5, 0.6) is 0 Å². The molecule has 2 unspecified atom stereocenters. The van der Waals surface area contributed by atoms with Gasteiger partial charge in [-0.1, -0.05) is 20.3 Å². The number of carboxylic acids is 1. The van der Waals surface area contributed by atoms with Crippen LogP contribution in [0.25, 0.3) is 0 Å². The molecule has 1 aliphatic carbocycles. The molecule has 1 heterocycles. The summed E-state index contributed by atoms with van der Waals surface area (Å²) in [6.07, 6.45) is 4.10. The third kappa shape index (κ3) is 3.00. The molecule has 1 aliphatic rings. The minimum Gasteiger partial charge on any atom is -0.481 e. The molecular formula is C13H20N4O2. The standard InChI is InChI=1S/C13H20N4O2/c1-3-9-10(4-2)16-17-13(14-9)15-11-7-5-6-8(11)12(18)19/h8,11H,3-7H2,1-2H3,(H,18,19)(H,14,15,17). The van der Waals surface area contributed by atoms with Gasteiger partial charge in [0.2, 0.25) is 5.95 Å². The smallest absolute Gasteiger partial charge is 0.308 e. The van der Waals surface area contributed by atoms with Crippen LogP contribution in [-0.4, -0.2) is 32.3 Å². The van der Waals surface area contributed by atoms with Gasteiger partial charge in [0.05, 0.1) is 17.3 Å². The first-order chi connectivity index (χ1) is 9.15. The van der Waals surface area contributed by atoms with Crippen LogP contribution >= 0.6 is 0 Å². The maximum Gasteiger partial charge on any atom is 0.308 e. The lowest BCUT2D eigenvalue weighted by Crippen LogP contribution is -2.30. The van der Waals surface area contributed by atoms with Gasteiger partial charge in [0.25, 0.3) is 0 Å². The zero-order valence-electron chi connectivity index (χ0n) is 11.4. The minimum atomic E-state index is -0.746. The highest BCUT2D eigenvalue weighted by atomic mass is 16.4. The number of carbonyl (C=O) groups is 1. The zero-order chi connectivity index (χ0) is 13.8. The zero-order valence-corrected chi connectivity index (χ0v) is 11.4. The topological polar surface area (TPSA) is 88.0 Å². The lowest BCUT2D eigenvalue weighted by atomic mass is 10.0. The summed E-state index contributed by atoms with van der Waals surface area (Å²) in [5.74, 6) is -0.643. The normalized spacial score (nSPS) is 22.4. The summed E-state index contributed by atoms with van der Waals surface area (Å²) < 4.78 is 0. The molecule has 1 aromatic rings. The largest absolute Gasteiger partial charge is 0.481 e. The van der Waals surface area contributed by atoms with E-state index in [4.69, 9.17) is 5.11 Å². The molecule has 0 radical (unpaired) electrons. The molecule has 1 aromatic heterocycles. The van der Waals surface area contributed by atoms with Crippen LogP contribution in [0.1, 0.15) is 44.5 Å².